The van der Waals surface area contributed by atoms with Gasteiger partial charge < -0.3 is 9.72 Å². The van der Waals surface area contributed by atoms with E-state index in [9.17, 15) is 13.6 Å². The van der Waals surface area contributed by atoms with Gasteiger partial charge in [0.25, 0.3) is 5.92 Å². The van der Waals surface area contributed by atoms with Crippen molar-refractivity contribution in [1.29, 1.82) is 0 Å². The van der Waals surface area contributed by atoms with Crippen molar-refractivity contribution in [2.24, 2.45) is 0 Å². The highest BCUT2D eigenvalue weighted by atomic mass is 19.3. The molecule has 2 aromatic heterocycles. The Morgan fingerprint density at radius 1 is 1.45 bits per heavy atom. The number of carbonyl (C=O) groups excluding carboxylic acids is 1. The fraction of sp³-hybridized carbons (Fsp3) is 0.462. The van der Waals surface area contributed by atoms with Crippen LogP contribution in [0.3, 0.4) is 0 Å². The lowest BCUT2D eigenvalue weighted by atomic mass is 9.94. The Labute approximate surface area is 113 Å². The third kappa shape index (κ3) is 2.35. The number of aromatic amines is 1. The summed E-state index contributed by atoms with van der Waals surface area (Å²) in [5.74, 6) is -2.51. The molecular formula is C13H13F2N3O2. The first-order valence-electron chi connectivity index (χ1n) is 6.41. The number of nitrogens with zero attached hydrogens (tertiary/aromatic N) is 2. The highest BCUT2D eigenvalue weighted by Crippen LogP contribution is 2.36. The zero-order valence-electron chi connectivity index (χ0n) is 10.6. The number of aromatic nitrogens is 3. The Morgan fingerprint density at radius 3 is 3.05 bits per heavy atom. The zero-order chi connectivity index (χ0) is 14.2. The van der Waals surface area contributed by atoms with Crippen molar-refractivity contribution in [3.8, 4) is 5.88 Å². The first kappa shape index (κ1) is 13.0. The minimum absolute atomic E-state index is 0.101. The maximum Gasteiger partial charge on any atom is 0.251 e. The van der Waals surface area contributed by atoms with Crippen molar-refractivity contribution < 1.29 is 18.3 Å². The van der Waals surface area contributed by atoms with E-state index in [0.29, 0.717) is 35.7 Å². The average Bonchev–Trinajstić information content (AvgIpc) is 2.81. The fourth-order valence-corrected chi connectivity index (χ4v) is 2.52. The number of ether oxygens (including phenoxy) is 1. The van der Waals surface area contributed by atoms with Crippen LogP contribution < -0.4 is 4.74 Å². The molecule has 0 aromatic carbocycles. The second-order valence-corrected chi connectivity index (χ2v) is 4.96. The first-order valence-corrected chi connectivity index (χ1v) is 6.41. The lowest BCUT2D eigenvalue weighted by Crippen LogP contribution is -2.33. The van der Waals surface area contributed by atoms with Gasteiger partial charge in [-0.1, -0.05) is 0 Å². The molecule has 7 heteroatoms. The van der Waals surface area contributed by atoms with E-state index in [4.69, 9.17) is 4.74 Å². The molecular weight excluding hydrogens is 268 g/mol. The minimum atomic E-state index is -2.69. The predicted molar refractivity (Wildman–Crippen MR) is 67.1 cm³/mol. The van der Waals surface area contributed by atoms with E-state index >= 15 is 0 Å². The smallest absolute Gasteiger partial charge is 0.251 e. The van der Waals surface area contributed by atoms with Gasteiger partial charge in [0.05, 0.1) is 5.39 Å². The quantitative estimate of drug-likeness (QED) is 0.878. The summed E-state index contributed by atoms with van der Waals surface area (Å²) in [6.07, 6.45) is 3.39. The molecule has 0 saturated heterocycles. The van der Waals surface area contributed by atoms with Gasteiger partial charge in [-0.15, -0.1) is 0 Å². The molecule has 1 fully saturated rings. The average molecular weight is 281 g/mol. The highest BCUT2D eigenvalue weighted by molar-refractivity contribution is 5.98. The largest absolute Gasteiger partial charge is 0.474 e. The number of halogens is 2. The molecule has 0 spiro atoms. The number of alkyl halides is 2. The summed E-state index contributed by atoms with van der Waals surface area (Å²) in [7, 11) is 0. The van der Waals surface area contributed by atoms with E-state index in [0.717, 1.165) is 0 Å². The van der Waals surface area contributed by atoms with Gasteiger partial charge >= 0.3 is 0 Å². The molecule has 0 aliphatic heterocycles. The summed E-state index contributed by atoms with van der Waals surface area (Å²) >= 11 is 0. The maximum absolute atomic E-state index is 13.4. The molecule has 0 bridgehead atoms. The molecule has 1 atom stereocenters. The zero-order valence-corrected chi connectivity index (χ0v) is 10.6. The number of rotatable bonds is 3. The minimum Gasteiger partial charge on any atom is -0.474 e. The lowest BCUT2D eigenvalue weighted by Gasteiger charge is -2.28. The Kier molecular flexibility index (Phi) is 3.11. The number of hydrogen-bond acceptors (Lipinski definition) is 4. The van der Waals surface area contributed by atoms with Crippen LogP contribution in [0.2, 0.25) is 0 Å². The second-order valence-electron chi connectivity index (χ2n) is 4.96. The Morgan fingerprint density at radius 2 is 2.30 bits per heavy atom. The van der Waals surface area contributed by atoms with Crippen molar-refractivity contribution in [2.45, 2.75) is 37.7 Å². The van der Waals surface area contributed by atoms with Crippen LogP contribution in [-0.4, -0.2) is 33.3 Å². The molecule has 1 aliphatic carbocycles. The van der Waals surface area contributed by atoms with Gasteiger partial charge in [0, 0.05) is 24.6 Å². The summed E-state index contributed by atoms with van der Waals surface area (Å²) in [5, 5.41) is 0.441. The fourth-order valence-electron chi connectivity index (χ4n) is 2.52. The number of H-pyrrole nitrogens is 1. The topological polar surface area (TPSA) is 67.9 Å². The van der Waals surface area contributed by atoms with E-state index < -0.39 is 12.0 Å². The maximum atomic E-state index is 13.4. The van der Waals surface area contributed by atoms with Gasteiger partial charge in [0.2, 0.25) is 5.88 Å². The molecule has 5 nitrogen and oxygen atoms in total. The van der Waals surface area contributed by atoms with Crippen LogP contribution in [0.5, 0.6) is 5.88 Å². The van der Waals surface area contributed by atoms with Crippen LogP contribution in [-0.2, 0) is 0 Å². The Balaban J connectivity index is 1.90. The number of aldehydes is 1. The van der Waals surface area contributed by atoms with Crippen molar-refractivity contribution >= 4 is 17.3 Å². The number of nitrogens with one attached hydrogen (secondary N) is 1. The van der Waals surface area contributed by atoms with E-state index in [2.05, 4.69) is 15.0 Å². The molecule has 1 saturated carbocycles. The summed E-state index contributed by atoms with van der Waals surface area (Å²) in [6, 6.07) is 0. The van der Waals surface area contributed by atoms with Crippen molar-refractivity contribution in [3.05, 3.63) is 18.1 Å². The van der Waals surface area contributed by atoms with E-state index in [1.807, 2.05) is 0 Å². The summed E-state index contributed by atoms with van der Waals surface area (Å²) < 4.78 is 32.4. The second kappa shape index (κ2) is 4.81. The first-order chi connectivity index (χ1) is 9.59. The monoisotopic (exact) mass is 281 g/mol. The Bertz CT molecular complexity index is 642. The molecule has 2 heterocycles. The molecule has 0 amide bonds. The van der Waals surface area contributed by atoms with Gasteiger partial charge in [-0.3, -0.25) is 4.79 Å². The van der Waals surface area contributed by atoms with Crippen molar-refractivity contribution in [3.63, 3.8) is 0 Å². The Hall–Kier alpha value is -2.05. The van der Waals surface area contributed by atoms with Gasteiger partial charge in [0.1, 0.15) is 18.1 Å². The third-order valence-electron chi connectivity index (χ3n) is 3.47. The van der Waals surface area contributed by atoms with Gasteiger partial charge in [-0.25, -0.2) is 18.7 Å². The molecule has 3 rings (SSSR count). The highest BCUT2D eigenvalue weighted by Gasteiger charge is 2.37. The van der Waals surface area contributed by atoms with E-state index in [-0.39, 0.29) is 18.7 Å². The SMILES string of the molecule is O=Cc1c[nH]c2ncnc(OC3CCCC(F)(F)C3)c12. The number of carbonyl (C=O) groups is 1. The van der Waals surface area contributed by atoms with E-state index in [1.54, 1.807) is 0 Å². The predicted octanol–water partition coefficient (Wildman–Crippen LogP) is 2.73. The van der Waals surface area contributed by atoms with Crippen LogP contribution in [0.15, 0.2) is 12.5 Å². The van der Waals surface area contributed by atoms with Crippen LogP contribution >= 0.6 is 0 Å². The van der Waals surface area contributed by atoms with Gasteiger partial charge in [-0.05, 0) is 12.8 Å². The number of hydrogen-bond donors (Lipinski definition) is 1. The normalized spacial score (nSPS) is 21.8. The van der Waals surface area contributed by atoms with Crippen LogP contribution in [0.1, 0.15) is 36.0 Å². The molecule has 1 aliphatic rings. The van der Waals surface area contributed by atoms with Gasteiger partial charge in [0.15, 0.2) is 6.29 Å². The van der Waals surface area contributed by atoms with Crippen molar-refractivity contribution in [1.82, 2.24) is 15.0 Å². The number of fused-ring (bicyclic) bond motifs is 1. The van der Waals surface area contributed by atoms with Crippen LogP contribution in [0, 0.1) is 0 Å². The molecule has 2 aromatic rings. The standard InChI is InChI=1S/C13H13F2N3O2/c14-13(15)3-1-2-9(4-13)20-12-10-8(6-19)5-16-11(10)17-7-18-12/h5-7,9H,1-4H2,(H,16,17,18). The third-order valence-corrected chi connectivity index (χ3v) is 3.47. The molecule has 1 N–H and O–H groups in total. The van der Waals surface area contributed by atoms with Crippen molar-refractivity contribution in [2.75, 3.05) is 0 Å². The molecule has 1 unspecified atom stereocenters. The summed E-state index contributed by atoms with van der Waals surface area (Å²) in [6.45, 7) is 0. The van der Waals surface area contributed by atoms with Gasteiger partial charge in [-0.2, -0.15) is 0 Å². The molecule has 106 valence electrons. The summed E-state index contributed by atoms with van der Waals surface area (Å²) in [5.41, 5.74) is 0.817. The molecule has 20 heavy (non-hydrogen) atoms. The summed E-state index contributed by atoms with van der Waals surface area (Å²) in [4.78, 5) is 21.8. The van der Waals surface area contributed by atoms with Crippen LogP contribution in [0.4, 0.5) is 8.78 Å². The van der Waals surface area contributed by atoms with Crippen LogP contribution in [0.25, 0.3) is 11.0 Å². The lowest BCUT2D eigenvalue weighted by molar-refractivity contribution is -0.0700. The van der Waals surface area contributed by atoms with E-state index in [1.165, 1.54) is 12.5 Å². The molecule has 0 radical (unpaired) electrons.